The average Bonchev–Trinajstić information content (AvgIpc) is 2.22. The van der Waals surface area contributed by atoms with Gasteiger partial charge in [0.1, 0.15) is 5.54 Å². The maximum absolute atomic E-state index is 10.9. The first-order valence-corrected chi connectivity index (χ1v) is 5.35. The van der Waals surface area contributed by atoms with E-state index in [-0.39, 0.29) is 0 Å². The third-order valence-corrected chi connectivity index (χ3v) is 2.44. The summed E-state index contributed by atoms with van der Waals surface area (Å²) < 4.78 is 0. The van der Waals surface area contributed by atoms with Crippen LogP contribution in [0, 0.1) is 0 Å². The zero-order valence-corrected chi connectivity index (χ0v) is 9.14. The van der Waals surface area contributed by atoms with Crippen LogP contribution in [0.3, 0.4) is 0 Å². The predicted octanol–water partition coefficient (Wildman–Crippen LogP) is 1.96. The molecule has 3 heteroatoms. The van der Waals surface area contributed by atoms with E-state index in [9.17, 15) is 9.59 Å². The second-order valence-electron chi connectivity index (χ2n) is 3.65. The molecule has 1 N–H and O–H groups in total. The van der Waals surface area contributed by atoms with Gasteiger partial charge in [-0.05, 0) is 12.8 Å². The van der Waals surface area contributed by atoms with Crippen LogP contribution in [0.4, 0.5) is 0 Å². The molecule has 1 radical (unpaired) electrons. The molecule has 0 atom stereocenters. The zero-order chi connectivity index (χ0) is 10.9. The normalized spacial score (nSPS) is 11.0. The molecule has 14 heavy (non-hydrogen) atoms. The van der Waals surface area contributed by atoms with Gasteiger partial charge in [-0.25, -0.2) is 0 Å². The van der Waals surface area contributed by atoms with Gasteiger partial charge in [0.15, 0.2) is 0 Å². The molecular formula is C11H20NO2. The molecule has 0 aliphatic heterocycles. The van der Waals surface area contributed by atoms with Crippen molar-refractivity contribution >= 4 is 12.7 Å². The van der Waals surface area contributed by atoms with Gasteiger partial charge in [0.05, 0.1) is 0 Å². The molecule has 0 rings (SSSR count). The first-order valence-electron chi connectivity index (χ1n) is 5.35. The minimum atomic E-state index is -0.728. The molecule has 81 valence electrons. The van der Waals surface area contributed by atoms with Crippen LogP contribution in [0.25, 0.3) is 0 Å². The fourth-order valence-corrected chi connectivity index (χ4v) is 1.47. The lowest BCUT2D eigenvalue weighted by atomic mass is 9.89. The smallest absolute Gasteiger partial charge is 0.226 e. The quantitative estimate of drug-likeness (QED) is 0.576. The van der Waals surface area contributed by atoms with E-state index >= 15 is 0 Å². The highest BCUT2D eigenvalue weighted by Gasteiger charge is 2.28. The third-order valence-electron chi connectivity index (χ3n) is 2.44. The molecule has 3 nitrogen and oxygen atoms in total. The number of hydrogen-bond donors (Lipinski definition) is 1. The van der Waals surface area contributed by atoms with E-state index in [1.54, 1.807) is 0 Å². The molecular weight excluding hydrogens is 178 g/mol. The van der Waals surface area contributed by atoms with E-state index in [1.807, 2.05) is 6.29 Å². The van der Waals surface area contributed by atoms with E-state index in [2.05, 4.69) is 19.2 Å². The highest BCUT2D eigenvalue weighted by Crippen LogP contribution is 2.18. The number of rotatable bonds is 9. The van der Waals surface area contributed by atoms with E-state index in [1.165, 1.54) is 0 Å². The Bertz CT molecular complexity index is 161. The Morgan fingerprint density at radius 3 is 2.00 bits per heavy atom. The molecule has 0 aromatic carbocycles. The van der Waals surface area contributed by atoms with Crippen molar-refractivity contribution in [3.05, 3.63) is 0 Å². The first-order chi connectivity index (χ1) is 6.74. The third kappa shape index (κ3) is 4.40. The summed E-state index contributed by atoms with van der Waals surface area (Å²) in [7, 11) is 0. The summed E-state index contributed by atoms with van der Waals surface area (Å²) in [4.78, 5) is 21.3. The van der Waals surface area contributed by atoms with Gasteiger partial charge in [-0.15, -0.1) is 0 Å². The van der Waals surface area contributed by atoms with Gasteiger partial charge < -0.3 is 5.32 Å². The van der Waals surface area contributed by atoms with Crippen molar-refractivity contribution in [3.63, 3.8) is 0 Å². The minimum absolute atomic E-state index is 0.607. The van der Waals surface area contributed by atoms with Gasteiger partial charge in [-0.2, -0.15) is 0 Å². The highest BCUT2D eigenvalue weighted by atomic mass is 16.1. The fraction of sp³-hybridized carbons (Fsp3) is 0.818. The maximum atomic E-state index is 10.9. The monoisotopic (exact) mass is 198 g/mol. The molecule has 0 unspecified atom stereocenters. The Morgan fingerprint density at radius 2 is 1.71 bits per heavy atom. The number of hydrogen-bond acceptors (Lipinski definition) is 2. The predicted molar refractivity (Wildman–Crippen MR) is 56.7 cm³/mol. The van der Waals surface area contributed by atoms with E-state index in [0.29, 0.717) is 19.3 Å². The van der Waals surface area contributed by atoms with Gasteiger partial charge in [0.2, 0.25) is 12.7 Å². The van der Waals surface area contributed by atoms with Crippen LogP contribution in [0.1, 0.15) is 52.4 Å². The fourth-order valence-electron chi connectivity index (χ4n) is 1.47. The number of carbonyl (C=O) groups excluding carboxylic acids is 2. The largest absolute Gasteiger partial charge is 0.346 e. The number of carbonyl (C=O) groups is 1. The Kier molecular flexibility index (Phi) is 7.07. The van der Waals surface area contributed by atoms with Crippen molar-refractivity contribution in [3.8, 4) is 0 Å². The van der Waals surface area contributed by atoms with Crippen LogP contribution in [-0.4, -0.2) is 18.2 Å². The van der Waals surface area contributed by atoms with E-state index in [0.717, 1.165) is 25.7 Å². The summed E-state index contributed by atoms with van der Waals surface area (Å²) in [6, 6.07) is 0. The SMILES string of the molecule is CCCCC([C]=O)(CCCC)NC=O. The Morgan fingerprint density at radius 1 is 1.21 bits per heavy atom. The summed E-state index contributed by atoms with van der Waals surface area (Å²) in [6.45, 7) is 4.13. The molecule has 0 bridgehead atoms. The molecule has 0 fully saturated rings. The Labute approximate surface area is 86.3 Å². The molecule has 0 aromatic heterocycles. The van der Waals surface area contributed by atoms with Gasteiger partial charge in [0.25, 0.3) is 0 Å². The van der Waals surface area contributed by atoms with Crippen LogP contribution in [0.2, 0.25) is 0 Å². The van der Waals surface area contributed by atoms with Gasteiger partial charge in [-0.1, -0.05) is 39.5 Å². The van der Waals surface area contributed by atoms with Gasteiger partial charge in [-0.3, -0.25) is 9.59 Å². The second-order valence-corrected chi connectivity index (χ2v) is 3.65. The van der Waals surface area contributed by atoms with E-state index in [4.69, 9.17) is 0 Å². The van der Waals surface area contributed by atoms with Crippen LogP contribution in [0.5, 0.6) is 0 Å². The Balaban J connectivity index is 4.25. The molecule has 0 saturated carbocycles. The van der Waals surface area contributed by atoms with Crippen LogP contribution in [-0.2, 0) is 9.59 Å². The summed E-state index contributed by atoms with van der Waals surface area (Å²) in [5.74, 6) is 0. The molecule has 0 aliphatic carbocycles. The first kappa shape index (κ1) is 13.1. The summed E-state index contributed by atoms with van der Waals surface area (Å²) in [5.41, 5.74) is -0.728. The van der Waals surface area contributed by atoms with E-state index < -0.39 is 5.54 Å². The molecule has 0 aliphatic rings. The molecule has 0 spiro atoms. The molecule has 1 amide bonds. The van der Waals surface area contributed by atoms with Crippen molar-refractivity contribution < 1.29 is 9.59 Å². The molecule has 0 heterocycles. The van der Waals surface area contributed by atoms with Crippen molar-refractivity contribution in [1.82, 2.24) is 5.32 Å². The Hall–Kier alpha value is -0.860. The average molecular weight is 198 g/mol. The number of unbranched alkanes of at least 4 members (excludes halogenated alkanes) is 2. The topological polar surface area (TPSA) is 46.2 Å². The number of amides is 1. The second kappa shape index (κ2) is 7.54. The van der Waals surface area contributed by atoms with Crippen LogP contribution in [0.15, 0.2) is 0 Å². The van der Waals surface area contributed by atoms with Gasteiger partial charge >= 0.3 is 0 Å². The van der Waals surface area contributed by atoms with Crippen molar-refractivity contribution in [2.24, 2.45) is 0 Å². The maximum Gasteiger partial charge on any atom is 0.226 e. The lowest BCUT2D eigenvalue weighted by molar-refractivity contribution is -0.110. The van der Waals surface area contributed by atoms with Crippen molar-refractivity contribution in [2.45, 2.75) is 57.9 Å². The van der Waals surface area contributed by atoms with Crippen molar-refractivity contribution in [2.75, 3.05) is 0 Å². The molecule has 0 aromatic rings. The lowest BCUT2D eigenvalue weighted by Gasteiger charge is -2.26. The number of nitrogens with one attached hydrogen (secondary N) is 1. The summed E-state index contributed by atoms with van der Waals surface area (Å²) in [5, 5.41) is 2.61. The zero-order valence-electron chi connectivity index (χ0n) is 9.14. The van der Waals surface area contributed by atoms with Gasteiger partial charge in [0, 0.05) is 0 Å². The standard InChI is InChI=1S/C11H20NO2/c1-3-5-7-11(9-13,12-10-14)8-6-4-2/h10H,3-8H2,1-2H3,(H,12,14). The highest BCUT2D eigenvalue weighted by molar-refractivity contribution is 5.69. The molecule has 0 saturated heterocycles. The summed E-state index contributed by atoms with van der Waals surface area (Å²) in [6.07, 6.45) is 7.94. The lowest BCUT2D eigenvalue weighted by Crippen LogP contribution is -2.46. The summed E-state index contributed by atoms with van der Waals surface area (Å²) >= 11 is 0. The van der Waals surface area contributed by atoms with Crippen molar-refractivity contribution in [1.29, 1.82) is 0 Å². The minimum Gasteiger partial charge on any atom is -0.346 e. The van der Waals surface area contributed by atoms with Crippen LogP contribution >= 0.6 is 0 Å². The van der Waals surface area contributed by atoms with Crippen LogP contribution < -0.4 is 5.32 Å².